The van der Waals surface area contributed by atoms with Crippen LogP contribution in [0.3, 0.4) is 0 Å². The third-order valence-electron chi connectivity index (χ3n) is 3.21. The summed E-state index contributed by atoms with van der Waals surface area (Å²) in [6.45, 7) is 4.06. The Kier molecular flexibility index (Phi) is 4.43. The van der Waals surface area contributed by atoms with Crippen molar-refractivity contribution in [3.05, 3.63) is 68.1 Å². The minimum atomic E-state index is 0.0757. The van der Waals surface area contributed by atoms with Gasteiger partial charge in [0.1, 0.15) is 0 Å². The van der Waals surface area contributed by atoms with Crippen molar-refractivity contribution in [2.24, 2.45) is 0 Å². The number of benzene rings is 2. The Balaban J connectivity index is 2.34. The van der Waals surface area contributed by atoms with Crippen LogP contribution in [0.15, 0.2) is 40.9 Å². The number of Topliss-reactive ketones (excluding diaryl/α,β-unsaturated/α-hetero) is 1. The highest BCUT2D eigenvalue weighted by molar-refractivity contribution is 9.10. The third-order valence-corrected chi connectivity index (χ3v) is 4.14. The van der Waals surface area contributed by atoms with Crippen molar-refractivity contribution in [2.75, 3.05) is 0 Å². The Morgan fingerprint density at radius 1 is 1.16 bits per heavy atom. The second-order valence-corrected chi connectivity index (χ2v) is 5.89. The van der Waals surface area contributed by atoms with Gasteiger partial charge in [0.2, 0.25) is 0 Å². The zero-order chi connectivity index (χ0) is 14.0. The van der Waals surface area contributed by atoms with Crippen molar-refractivity contribution in [1.82, 2.24) is 0 Å². The second kappa shape index (κ2) is 5.89. The molecule has 0 aliphatic rings. The molecule has 0 aliphatic heterocycles. The summed E-state index contributed by atoms with van der Waals surface area (Å²) in [5.74, 6) is 0.0757. The molecule has 0 bridgehead atoms. The van der Waals surface area contributed by atoms with Crippen molar-refractivity contribution in [3.8, 4) is 0 Å². The van der Waals surface area contributed by atoms with Crippen LogP contribution in [0.25, 0.3) is 0 Å². The molecule has 98 valence electrons. The average Bonchev–Trinajstić information content (AvgIpc) is 2.37. The van der Waals surface area contributed by atoms with Gasteiger partial charge in [0.25, 0.3) is 0 Å². The smallest absolute Gasteiger partial charge is 0.168 e. The van der Waals surface area contributed by atoms with Crippen LogP contribution in [-0.4, -0.2) is 5.78 Å². The van der Waals surface area contributed by atoms with Crippen molar-refractivity contribution in [3.63, 3.8) is 0 Å². The van der Waals surface area contributed by atoms with E-state index in [1.807, 2.05) is 32.0 Å². The highest BCUT2D eigenvalue weighted by atomic mass is 79.9. The summed E-state index contributed by atoms with van der Waals surface area (Å²) in [7, 11) is 0. The average molecular weight is 338 g/mol. The number of aryl methyl sites for hydroxylation is 2. The minimum absolute atomic E-state index is 0.0757. The third kappa shape index (κ3) is 3.26. The summed E-state index contributed by atoms with van der Waals surface area (Å²) in [4.78, 5) is 12.4. The first kappa shape index (κ1) is 14.3. The Morgan fingerprint density at radius 2 is 1.79 bits per heavy atom. The van der Waals surface area contributed by atoms with Crippen LogP contribution in [-0.2, 0) is 6.42 Å². The molecule has 0 aliphatic carbocycles. The lowest BCUT2D eigenvalue weighted by Crippen LogP contribution is -2.07. The molecule has 0 spiro atoms. The maximum atomic E-state index is 12.4. The molecule has 0 amide bonds. The monoisotopic (exact) mass is 336 g/mol. The zero-order valence-corrected chi connectivity index (χ0v) is 13.2. The lowest BCUT2D eigenvalue weighted by molar-refractivity contribution is 0.0992. The van der Waals surface area contributed by atoms with Crippen LogP contribution in [0.2, 0.25) is 5.02 Å². The maximum absolute atomic E-state index is 12.4. The fraction of sp³-hybridized carbons (Fsp3) is 0.188. The van der Waals surface area contributed by atoms with E-state index in [1.165, 1.54) is 0 Å². The van der Waals surface area contributed by atoms with Gasteiger partial charge < -0.3 is 0 Å². The minimum Gasteiger partial charge on any atom is -0.294 e. The first-order chi connectivity index (χ1) is 8.99. The molecule has 0 aromatic heterocycles. The number of rotatable bonds is 3. The van der Waals surface area contributed by atoms with Crippen molar-refractivity contribution < 1.29 is 4.79 Å². The molecule has 0 saturated heterocycles. The fourth-order valence-electron chi connectivity index (χ4n) is 2.09. The Morgan fingerprint density at radius 3 is 2.42 bits per heavy atom. The van der Waals surface area contributed by atoms with Crippen LogP contribution in [0.5, 0.6) is 0 Å². The molecule has 3 heteroatoms. The lowest BCUT2D eigenvalue weighted by Gasteiger charge is -2.10. The molecule has 0 radical (unpaired) electrons. The Labute approximate surface area is 126 Å². The number of ketones is 1. The van der Waals surface area contributed by atoms with E-state index in [9.17, 15) is 4.79 Å². The molecule has 2 aromatic carbocycles. The van der Waals surface area contributed by atoms with E-state index in [2.05, 4.69) is 15.9 Å². The number of hydrogen-bond donors (Lipinski definition) is 0. The van der Waals surface area contributed by atoms with Gasteiger partial charge in [-0.15, -0.1) is 0 Å². The van der Waals surface area contributed by atoms with E-state index in [0.717, 1.165) is 21.2 Å². The first-order valence-electron chi connectivity index (χ1n) is 6.02. The van der Waals surface area contributed by atoms with E-state index in [0.29, 0.717) is 17.0 Å². The summed E-state index contributed by atoms with van der Waals surface area (Å²) in [6, 6.07) is 11.3. The van der Waals surface area contributed by atoms with Crippen LogP contribution in [0.4, 0.5) is 0 Å². The molecule has 19 heavy (non-hydrogen) atoms. The van der Waals surface area contributed by atoms with Crippen molar-refractivity contribution >= 4 is 33.3 Å². The van der Waals surface area contributed by atoms with Crippen LogP contribution in [0, 0.1) is 13.8 Å². The van der Waals surface area contributed by atoms with Gasteiger partial charge in [-0.25, -0.2) is 0 Å². The van der Waals surface area contributed by atoms with Gasteiger partial charge in [-0.05, 0) is 48.7 Å². The molecule has 2 aromatic rings. The lowest BCUT2D eigenvalue weighted by atomic mass is 9.95. The molecule has 2 rings (SSSR count). The molecule has 0 fully saturated rings. The van der Waals surface area contributed by atoms with E-state index in [4.69, 9.17) is 11.6 Å². The quantitative estimate of drug-likeness (QED) is 0.708. The highest BCUT2D eigenvalue weighted by Crippen LogP contribution is 2.24. The largest absolute Gasteiger partial charge is 0.294 e. The Hall–Kier alpha value is -1.12. The molecular formula is C16H14BrClO. The first-order valence-corrected chi connectivity index (χ1v) is 7.19. The van der Waals surface area contributed by atoms with E-state index < -0.39 is 0 Å². The number of halogens is 2. The van der Waals surface area contributed by atoms with Gasteiger partial charge in [-0.3, -0.25) is 4.79 Å². The SMILES string of the molecule is Cc1cccc(C)c1CC(=O)c1cc(Cl)ccc1Br. The van der Waals surface area contributed by atoms with Crippen LogP contribution in [0.1, 0.15) is 27.0 Å². The van der Waals surface area contributed by atoms with E-state index in [-0.39, 0.29) is 5.78 Å². The van der Waals surface area contributed by atoms with Gasteiger partial charge in [0, 0.05) is 21.5 Å². The van der Waals surface area contributed by atoms with Crippen LogP contribution < -0.4 is 0 Å². The number of hydrogen-bond acceptors (Lipinski definition) is 1. The van der Waals surface area contributed by atoms with Crippen molar-refractivity contribution in [2.45, 2.75) is 20.3 Å². The summed E-state index contributed by atoms with van der Waals surface area (Å²) >= 11 is 9.36. The second-order valence-electron chi connectivity index (χ2n) is 4.59. The van der Waals surface area contributed by atoms with Gasteiger partial charge in [0.15, 0.2) is 5.78 Å². The maximum Gasteiger partial charge on any atom is 0.168 e. The molecule has 0 saturated carbocycles. The molecule has 0 heterocycles. The summed E-state index contributed by atoms with van der Waals surface area (Å²) in [5.41, 5.74) is 4.02. The zero-order valence-electron chi connectivity index (χ0n) is 10.8. The fourth-order valence-corrected chi connectivity index (χ4v) is 2.73. The standard InChI is InChI=1S/C16H14BrClO/c1-10-4-3-5-11(2)13(10)9-16(19)14-8-12(18)6-7-15(14)17/h3-8H,9H2,1-2H3. The summed E-state index contributed by atoms with van der Waals surface area (Å²) in [5, 5.41) is 0.577. The van der Waals surface area contributed by atoms with Crippen molar-refractivity contribution in [1.29, 1.82) is 0 Å². The number of carbonyl (C=O) groups is 1. The Bertz CT molecular complexity index is 614. The molecule has 1 nitrogen and oxygen atoms in total. The molecule has 0 N–H and O–H groups in total. The molecular weight excluding hydrogens is 324 g/mol. The van der Waals surface area contributed by atoms with Gasteiger partial charge >= 0.3 is 0 Å². The van der Waals surface area contributed by atoms with E-state index in [1.54, 1.807) is 18.2 Å². The normalized spacial score (nSPS) is 10.5. The van der Waals surface area contributed by atoms with Gasteiger partial charge in [-0.1, -0.05) is 45.7 Å². The van der Waals surface area contributed by atoms with E-state index >= 15 is 0 Å². The molecule has 0 unspecified atom stereocenters. The summed E-state index contributed by atoms with van der Waals surface area (Å²) < 4.78 is 0.785. The topological polar surface area (TPSA) is 17.1 Å². The van der Waals surface area contributed by atoms with Gasteiger partial charge in [0.05, 0.1) is 0 Å². The predicted molar refractivity (Wildman–Crippen MR) is 83.1 cm³/mol. The predicted octanol–water partition coefficient (Wildman–Crippen LogP) is 5.14. The molecule has 0 atom stereocenters. The van der Waals surface area contributed by atoms with Gasteiger partial charge in [-0.2, -0.15) is 0 Å². The highest BCUT2D eigenvalue weighted by Gasteiger charge is 2.14. The van der Waals surface area contributed by atoms with Crippen LogP contribution >= 0.6 is 27.5 Å². The number of carbonyl (C=O) groups excluding carboxylic acids is 1. The summed E-state index contributed by atoms with van der Waals surface area (Å²) in [6.07, 6.45) is 0.400.